The Labute approximate surface area is 189 Å². The number of carbonyl (C=O) groups is 1. The minimum Gasteiger partial charge on any atom is -0.455 e. The van der Waals surface area contributed by atoms with Gasteiger partial charge in [-0.3, -0.25) is 4.79 Å². The number of furan rings is 1. The fourth-order valence-electron chi connectivity index (χ4n) is 4.27. The van der Waals surface area contributed by atoms with Gasteiger partial charge in [0.1, 0.15) is 5.76 Å². The number of anilines is 1. The van der Waals surface area contributed by atoms with Crippen LogP contribution in [0.25, 0.3) is 0 Å². The lowest BCUT2D eigenvalue weighted by Gasteiger charge is -2.31. The van der Waals surface area contributed by atoms with Crippen molar-refractivity contribution in [1.29, 1.82) is 0 Å². The molecule has 1 spiro atoms. The Hall–Kier alpha value is -1.76. The molecule has 1 fully saturated rings. The predicted molar refractivity (Wildman–Crippen MR) is 128 cm³/mol. The monoisotopic (exact) mass is 453 g/mol. The normalized spacial score (nSPS) is 17.1. The Balaban J connectivity index is 1.43. The number of hydrogen-bond acceptors (Lipinski definition) is 5. The SMILES string of the molecule is Cc1c(C(=O)Nc2ccccc2Sc2ccccc2)oc2c1C1(CCC2)SCCS1. The third-order valence-corrected chi connectivity index (χ3v) is 10.2. The molecule has 1 aliphatic heterocycles. The summed E-state index contributed by atoms with van der Waals surface area (Å²) in [5.41, 5.74) is 3.10. The lowest BCUT2D eigenvalue weighted by atomic mass is 9.94. The summed E-state index contributed by atoms with van der Waals surface area (Å²) in [5.74, 6) is 3.65. The van der Waals surface area contributed by atoms with Crippen molar-refractivity contribution in [1.82, 2.24) is 0 Å². The van der Waals surface area contributed by atoms with E-state index in [9.17, 15) is 4.79 Å². The van der Waals surface area contributed by atoms with Gasteiger partial charge in [0, 0.05) is 38.8 Å². The van der Waals surface area contributed by atoms with E-state index in [2.05, 4.69) is 17.4 Å². The van der Waals surface area contributed by atoms with Crippen LogP contribution in [0.15, 0.2) is 68.8 Å². The Morgan fingerprint density at radius 3 is 2.60 bits per heavy atom. The second-order valence-electron chi connectivity index (χ2n) is 7.52. The summed E-state index contributed by atoms with van der Waals surface area (Å²) in [5, 5.41) is 3.11. The molecule has 1 aliphatic carbocycles. The molecule has 1 aromatic heterocycles. The number of nitrogens with one attached hydrogen (secondary N) is 1. The predicted octanol–water partition coefficient (Wildman–Crippen LogP) is 6.96. The zero-order valence-corrected chi connectivity index (χ0v) is 19.2. The van der Waals surface area contributed by atoms with E-state index in [-0.39, 0.29) is 9.99 Å². The molecule has 3 nitrogen and oxygen atoms in total. The first-order valence-electron chi connectivity index (χ1n) is 10.2. The fraction of sp³-hybridized carbons (Fsp3) is 0.292. The van der Waals surface area contributed by atoms with Crippen molar-refractivity contribution < 1.29 is 9.21 Å². The van der Waals surface area contributed by atoms with Gasteiger partial charge in [0.05, 0.1) is 9.77 Å². The second kappa shape index (κ2) is 8.40. The molecule has 1 saturated heterocycles. The van der Waals surface area contributed by atoms with Gasteiger partial charge in [-0.2, -0.15) is 0 Å². The number of aryl methyl sites for hydroxylation is 1. The molecule has 0 saturated carbocycles. The number of para-hydroxylation sites is 1. The summed E-state index contributed by atoms with van der Waals surface area (Å²) >= 11 is 5.69. The molecule has 2 aromatic carbocycles. The van der Waals surface area contributed by atoms with Crippen LogP contribution in [0.5, 0.6) is 0 Å². The van der Waals surface area contributed by atoms with Crippen molar-refractivity contribution in [3.8, 4) is 0 Å². The number of hydrogen-bond donors (Lipinski definition) is 1. The van der Waals surface area contributed by atoms with Crippen LogP contribution in [0.4, 0.5) is 5.69 Å². The highest BCUT2D eigenvalue weighted by Crippen LogP contribution is 2.59. The van der Waals surface area contributed by atoms with Gasteiger partial charge in [-0.05, 0) is 44.0 Å². The van der Waals surface area contributed by atoms with E-state index in [1.807, 2.05) is 72.9 Å². The van der Waals surface area contributed by atoms with Crippen LogP contribution in [-0.4, -0.2) is 17.4 Å². The summed E-state index contributed by atoms with van der Waals surface area (Å²) in [4.78, 5) is 15.4. The first-order valence-corrected chi connectivity index (χ1v) is 13.0. The Bertz CT molecular complexity index is 1070. The molecule has 0 radical (unpaired) electrons. The molecule has 3 aromatic rings. The molecule has 6 heteroatoms. The van der Waals surface area contributed by atoms with Crippen molar-refractivity contribution in [2.45, 2.75) is 40.1 Å². The van der Waals surface area contributed by atoms with E-state index in [1.165, 1.54) is 17.1 Å². The van der Waals surface area contributed by atoms with Crippen LogP contribution in [0.1, 0.15) is 40.3 Å². The maximum Gasteiger partial charge on any atom is 0.291 e. The quantitative estimate of drug-likeness (QED) is 0.462. The van der Waals surface area contributed by atoms with Crippen LogP contribution in [0.2, 0.25) is 0 Å². The fourth-order valence-corrected chi connectivity index (χ4v) is 8.75. The van der Waals surface area contributed by atoms with Crippen LogP contribution in [0.3, 0.4) is 0 Å². The summed E-state index contributed by atoms with van der Waals surface area (Å²) in [6, 6.07) is 18.1. The molecule has 154 valence electrons. The van der Waals surface area contributed by atoms with Gasteiger partial charge in [0.25, 0.3) is 5.91 Å². The van der Waals surface area contributed by atoms with E-state index in [4.69, 9.17) is 4.42 Å². The molecule has 0 unspecified atom stereocenters. The molecule has 1 amide bonds. The highest BCUT2D eigenvalue weighted by Gasteiger charge is 2.45. The van der Waals surface area contributed by atoms with E-state index >= 15 is 0 Å². The van der Waals surface area contributed by atoms with Crippen molar-refractivity contribution >= 4 is 46.9 Å². The number of amides is 1. The maximum atomic E-state index is 13.2. The third-order valence-electron chi connectivity index (χ3n) is 5.58. The van der Waals surface area contributed by atoms with E-state index in [1.54, 1.807) is 11.8 Å². The highest BCUT2D eigenvalue weighted by atomic mass is 32.2. The van der Waals surface area contributed by atoms with Gasteiger partial charge in [0.2, 0.25) is 0 Å². The average molecular weight is 454 g/mol. The summed E-state index contributed by atoms with van der Waals surface area (Å²) < 4.78 is 6.25. The largest absolute Gasteiger partial charge is 0.455 e. The topological polar surface area (TPSA) is 42.2 Å². The van der Waals surface area contributed by atoms with Gasteiger partial charge in [-0.15, -0.1) is 23.5 Å². The lowest BCUT2D eigenvalue weighted by Crippen LogP contribution is -2.21. The zero-order valence-electron chi connectivity index (χ0n) is 16.8. The Kier molecular flexibility index (Phi) is 5.65. The van der Waals surface area contributed by atoms with Crippen LogP contribution < -0.4 is 5.32 Å². The first kappa shape index (κ1) is 20.2. The van der Waals surface area contributed by atoms with Crippen LogP contribution >= 0.6 is 35.3 Å². The molecular weight excluding hydrogens is 430 g/mol. The minimum absolute atomic E-state index is 0.0841. The van der Waals surface area contributed by atoms with E-state index in [0.717, 1.165) is 46.1 Å². The van der Waals surface area contributed by atoms with Gasteiger partial charge in [-0.1, -0.05) is 42.1 Å². The molecule has 0 bridgehead atoms. The van der Waals surface area contributed by atoms with Crippen molar-refractivity contribution in [2.75, 3.05) is 16.8 Å². The lowest BCUT2D eigenvalue weighted by molar-refractivity contribution is 0.0993. The molecular formula is C24H23NO2S3. The van der Waals surface area contributed by atoms with Gasteiger partial charge in [0.15, 0.2) is 5.76 Å². The molecule has 0 atom stereocenters. The summed E-state index contributed by atoms with van der Waals surface area (Å²) in [6.07, 6.45) is 3.21. The second-order valence-corrected chi connectivity index (χ2v) is 11.7. The summed E-state index contributed by atoms with van der Waals surface area (Å²) in [7, 11) is 0. The van der Waals surface area contributed by atoms with Crippen LogP contribution in [-0.2, 0) is 10.5 Å². The van der Waals surface area contributed by atoms with Gasteiger partial charge in [-0.25, -0.2) is 0 Å². The third kappa shape index (κ3) is 3.70. The number of rotatable bonds is 4. The van der Waals surface area contributed by atoms with Gasteiger partial charge >= 0.3 is 0 Å². The number of thioether (sulfide) groups is 2. The minimum atomic E-state index is -0.161. The smallest absolute Gasteiger partial charge is 0.291 e. The standard InChI is InChI=1S/C24H23NO2S3/c1-16-21-19(11-7-13-24(21)28-14-15-29-24)27-22(16)23(26)25-18-10-5-6-12-20(18)30-17-8-3-2-4-9-17/h2-6,8-10,12H,7,11,13-15H2,1H3,(H,25,26). The maximum absolute atomic E-state index is 13.2. The number of carbonyl (C=O) groups excluding carboxylic acids is 1. The highest BCUT2D eigenvalue weighted by molar-refractivity contribution is 8.20. The molecule has 2 heterocycles. The van der Waals surface area contributed by atoms with E-state index in [0.29, 0.717) is 5.76 Å². The van der Waals surface area contributed by atoms with Gasteiger partial charge < -0.3 is 9.73 Å². The Morgan fingerprint density at radius 1 is 1.07 bits per heavy atom. The Morgan fingerprint density at radius 2 is 1.80 bits per heavy atom. The molecule has 2 aliphatic rings. The van der Waals surface area contributed by atoms with Crippen LogP contribution in [0, 0.1) is 6.92 Å². The van der Waals surface area contributed by atoms with Crippen molar-refractivity contribution in [3.05, 3.63) is 77.2 Å². The average Bonchev–Trinajstić information content (AvgIpc) is 3.36. The first-order chi connectivity index (χ1) is 14.7. The van der Waals surface area contributed by atoms with E-state index < -0.39 is 0 Å². The molecule has 5 rings (SSSR count). The number of fused-ring (bicyclic) bond motifs is 2. The summed E-state index contributed by atoms with van der Waals surface area (Å²) in [6.45, 7) is 2.05. The van der Waals surface area contributed by atoms with Crippen molar-refractivity contribution in [2.24, 2.45) is 0 Å². The molecule has 1 N–H and O–H groups in total. The van der Waals surface area contributed by atoms with Crippen molar-refractivity contribution in [3.63, 3.8) is 0 Å². The zero-order chi connectivity index (χ0) is 20.6. The molecule has 30 heavy (non-hydrogen) atoms. The number of benzene rings is 2.